The smallest absolute Gasteiger partial charge is 0.151 e. The summed E-state index contributed by atoms with van der Waals surface area (Å²) in [5, 5.41) is 0.612. The lowest BCUT2D eigenvalue weighted by Crippen LogP contribution is -1.99. The van der Waals surface area contributed by atoms with E-state index in [0.717, 1.165) is 10.5 Å². The van der Waals surface area contributed by atoms with Crippen molar-refractivity contribution < 1.29 is 4.39 Å². The summed E-state index contributed by atoms with van der Waals surface area (Å²) in [6.45, 7) is 0.300. The maximum atomic E-state index is 14.1. The van der Waals surface area contributed by atoms with Crippen molar-refractivity contribution in [3.8, 4) is 0 Å². The van der Waals surface area contributed by atoms with Gasteiger partial charge in [0.1, 0.15) is 0 Å². The van der Waals surface area contributed by atoms with Crippen LogP contribution in [0.5, 0.6) is 0 Å². The summed E-state index contributed by atoms with van der Waals surface area (Å²) in [4.78, 5) is 1.35. The molecule has 1 nitrogen and oxygen atoms in total. The Kier molecular flexibility index (Phi) is 4.67. The highest BCUT2D eigenvalue weighted by Crippen LogP contribution is 2.37. The van der Waals surface area contributed by atoms with Gasteiger partial charge in [0.25, 0.3) is 0 Å². The monoisotopic (exact) mass is 345 g/mol. The van der Waals surface area contributed by atoms with E-state index in [1.54, 1.807) is 12.1 Å². The minimum atomic E-state index is -0.303. The molecule has 0 atom stereocenters. The average Bonchev–Trinajstić information content (AvgIpc) is 2.38. The van der Waals surface area contributed by atoms with E-state index in [0.29, 0.717) is 20.9 Å². The highest BCUT2D eigenvalue weighted by atomic mass is 79.9. The van der Waals surface area contributed by atoms with Gasteiger partial charge in [0.05, 0.1) is 9.50 Å². The zero-order chi connectivity index (χ0) is 13.1. The topological polar surface area (TPSA) is 26.0 Å². The van der Waals surface area contributed by atoms with Crippen LogP contribution in [-0.4, -0.2) is 0 Å². The molecular formula is C13H10BrClFNS. The van der Waals surface area contributed by atoms with Crippen molar-refractivity contribution in [1.29, 1.82) is 0 Å². The molecule has 0 amide bonds. The van der Waals surface area contributed by atoms with Gasteiger partial charge >= 0.3 is 0 Å². The molecule has 0 saturated carbocycles. The summed E-state index contributed by atoms with van der Waals surface area (Å²) < 4.78 is 14.5. The number of hydrogen-bond acceptors (Lipinski definition) is 2. The minimum absolute atomic E-state index is 0.300. The van der Waals surface area contributed by atoms with Crippen molar-refractivity contribution in [3.63, 3.8) is 0 Å². The fourth-order valence-corrected chi connectivity index (χ4v) is 3.22. The molecule has 0 unspecified atom stereocenters. The fourth-order valence-electron chi connectivity index (χ4n) is 1.45. The van der Waals surface area contributed by atoms with Gasteiger partial charge in [-0.2, -0.15) is 0 Å². The first-order valence-corrected chi connectivity index (χ1v) is 7.21. The van der Waals surface area contributed by atoms with Crippen LogP contribution >= 0.6 is 39.3 Å². The number of halogens is 3. The molecule has 2 aromatic rings. The molecule has 0 aromatic heterocycles. The van der Waals surface area contributed by atoms with Crippen molar-refractivity contribution >= 4 is 39.3 Å². The molecule has 2 rings (SSSR count). The van der Waals surface area contributed by atoms with Crippen LogP contribution in [0.25, 0.3) is 0 Å². The number of hydrogen-bond donors (Lipinski definition) is 1. The molecule has 0 radical (unpaired) electrons. The molecule has 0 saturated heterocycles. The Balaban J connectivity index is 2.36. The lowest BCUT2D eigenvalue weighted by Gasteiger charge is -2.09. The maximum absolute atomic E-state index is 14.1. The van der Waals surface area contributed by atoms with E-state index < -0.39 is 0 Å². The summed E-state index contributed by atoms with van der Waals surface area (Å²) in [6, 6.07) is 10.9. The first kappa shape index (κ1) is 13.9. The van der Waals surface area contributed by atoms with Gasteiger partial charge in [-0.3, -0.25) is 0 Å². The summed E-state index contributed by atoms with van der Waals surface area (Å²) in [5.74, 6) is -0.303. The van der Waals surface area contributed by atoms with Gasteiger partial charge in [0.15, 0.2) is 5.82 Å². The number of benzene rings is 2. The molecule has 0 bridgehead atoms. The molecule has 2 aromatic carbocycles. The average molecular weight is 347 g/mol. The Morgan fingerprint density at radius 2 is 1.89 bits per heavy atom. The van der Waals surface area contributed by atoms with E-state index >= 15 is 0 Å². The van der Waals surface area contributed by atoms with E-state index in [9.17, 15) is 4.39 Å². The first-order chi connectivity index (χ1) is 8.63. The molecule has 0 aliphatic carbocycles. The number of rotatable bonds is 3. The fraction of sp³-hybridized carbons (Fsp3) is 0.0769. The molecule has 0 heterocycles. The second kappa shape index (κ2) is 6.06. The van der Waals surface area contributed by atoms with Crippen LogP contribution in [0, 0.1) is 5.82 Å². The lowest BCUT2D eigenvalue weighted by molar-refractivity contribution is 0.592. The Morgan fingerprint density at radius 1 is 1.17 bits per heavy atom. The van der Waals surface area contributed by atoms with E-state index in [-0.39, 0.29) is 5.82 Å². The predicted octanol–water partition coefficient (Wildman–Crippen LogP) is 4.85. The van der Waals surface area contributed by atoms with Gasteiger partial charge in [-0.25, -0.2) is 4.39 Å². The normalized spacial score (nSPS) is 10.7. The SMILES string of the molecule is NCc1ccc(Sc2ccccc2Cl)c(F)c1Br. The summed E-state index contributed by atoms with van der Waals surface area (Å²) in [7, 11) is 0. The van der Waals surface area contributed by atoms with Crippen molar-refractivity contribution in [1.82, 2.24) is 0 Å². The van der Waals surface area contributed by atoms with E-state index in [1.165, 1.54) is 11.8 Å². The van der Waals surface area contributed by atoms with Crippen LogP contribution in [0.3, 0.4) is 0 Å². The largest absolute Gasteiger partial charge is 0.326 e. The third-order valence-corrected chi connectivity index (χ3v) is 4.81. The summed E-state index contributed by atoms with van der Waals surface area (Å²) in [6.07, 6.45) is 0. The number of nitrogens with two attached hydrogens (primary N) is 1. The second-order valence-electron chi connectivity index (χ2n) is 3.59. The van der Waals surface area contributed by atoms with Gasteiger partial charge < -0.3 is 5.73 Å². The van der Waals surface area contributed by atoms with Crippen molar-refractivity contribution in [2.45, 2.75) is 16.3 Å². The van der Waals surface area contributed by atoms with Crippen LogP contribution in [0.15, 0.2) is 50.7 Å². The third kappa shape index (κ3) is 2.88. The van der Waals surface area contributed by atoms with Gasteiger partial charge in [-0.1, -0.05) is 41.6 Å². The second-order valence-corrected chi connectivity index (χ2v) is 5.87. The van der Waals surface area contributed by atoms with E-state index in [4.69, 9.17) is 17.3 Å². The highest BCUT2D eigenvalue weighted by Gasteiger charge is 2.12. The van der Waals surface area contributed by atoms with Gasteiger partial charge in [0.2, 0.25) is 0 Å². The Labute approximate surface area is 123 Å². The Bertz CT molecular complexity index is 577. The Hall–Kier alpha value is -0.550. The molecule has 0 spiro atoms. The summed E-state index contributed by atoms with van der Waals surface area (Å²) in [5.41, 5.74) is 6.27. The zero-order valence-electron chi connectivity index (χ0n) is 9.29. The van der Waals surface area contributed by atoms with Crippen molar-refractivity contribution in [3.05, 3.63) is 57.3 Å². The van der Waals surface area contributed by atoms with Crippen LogP contribution in [0.2, 0.25) is 5.02 Å². The molecule has 0 fully saturated rings. The molecule has 18 heavy (non-hydrogen) atoms. The third-order valence-electron chi connectivity index (χ3n) is 2.40. The van der Waals surface area contributed by atoms with Crippen LogP contribution in [0.1, 0.15) is 5.56 Å². The lowest BCUT2D eigenvalue weighted by atomic mass is 10.2. The highest BCUT2D eigenvalue weighted by molar-refractivity contribution is 9.10. The van der Waals surface area contributed by atoms with E-state index in [2.05, 4.69) is 15.9 Å². The molecule has 0 aliphatic heterocycles. The Morgan fingerprint density at radius 3 is 2.56 bits per heavy atom. The minimum Gasteiger partial charge on any atom is -0.326 e. The van der Waals surface area contributed by atoms with E-state index in [1.807, 2.05) is 24.3 Å². The van der Waals surface area contributed by atoms with Gasteiger partial charge in [-0.05, 0) is 39.7 Å². The quantitative estimate of drug-likeness (QED) is 0.859. The zero-order valence-corrected chi connectivity index (χ0v) is 12.4. The standard InChI is InChI=1S/C13H10BrClFNS/c14-12-8(7-17)5-6-11(13(12)16)18-10-4-2-1-3-9(10)15/h1-6H,7,17H2. The molecular weight excluding hydrogens is 337 g/mol. The summed E-state index contributed by atoms with van der Waals surface area (Å²) >= 11 is 10.6. The van der Waals surface area contributed by atoms with Crippen molar-refractivity contribution in [2.75, 3.05) is 0 Å². The molecule has 2 N–H and O–H groups in total. The van der Waals surface area contributed by atoms with Gasteiger partial charge in [0, 0.05) is 16.3 Å². The first-order valence-electron chi connectivity index (χ1n) is 5.23. The molecule has 5 heteroatoms. The van der Waals surface area contributed by atoms with Crippen LogP contribution < -0.4 is 5.73 Å². The molecule has 94 valence electrons. The van der Waals surface area contributed by atoms with Crippen molar-refractivity contribution in [2.24, 2.45) is 5.73 Å². The molecule has 0 aliphatic rings. The maximum Gasteiger partial charge on any atom is 0.151 e. The van der Waals surface area contributed by atoms with Crippen LogP contribution in [0.4, 0.5) is 4.39 Å². The van der Waals surface area contributed by atoms with Gasteiger partial charge in [-0.15, -0.1) is 0 Å². The van der Waals surface area contributed by atoms with Crippen LogP contribution in [-0.2, 0) is 6.54 Å². The predicted molar refractivity (Wildman–Crippen MR) is 77.6 cm³/mol.